The van der Waals surface area contributed by atoms with Crippen molar-refractivity contribution in [3.05, 3.63) is 107 Å². The van der Waals surface area contributed by atoms with Crippen molar-refractivity contribution in [2.45, 2.75) is 46.7 Å². The lowest BCUT2D eigenvalue weighted by molar-refractivity contribution is -0.118. The van der Waals surface area contributed by atoms with Crippen LogP contribution in [-0.4, -0.2) is 20.6 Å². The smallest absolute Gasteiger partial charge is 0.226 e. The van der Waals surface area contributed by atoms with Crippen LogP contribution in [0.15, 0.2) is 79.1 Å². The van der Waals surface area contributed by atoms with Gasteiger partial charge >= 0.3 is 0 Å². The van der Waals surface area contributed by atoms with E-state index in [0.29, 0.717) is 5.11 Å². The van der Waals surface area contributed by atoms with Crippen LogP contribution in [0.4, 0.5) is 11.4 Å². The van der Waals surface area contributed by atoms with Crippen LogP contribution in [0, 0.1) is 26.7 Å². The fraction of sp³-hybridized carbons (Fsp3) is 0.258. The second-order valence-corrected chi connectivity index (χ2v) is 10.6. The zero-order valence-corrected chi connectivity index (χ0v) is 23.2. The maximum absolute atomic E-state index is 12.3. The Bertz CT molecular complexity index is 1490. The first-order valence-corrected chi connectivity index (χ1v) is 13.3. The van der Waals surface area contributed by atoms with Crippen LogP contribution in [-0.2, 0) is 4.79 Å². The highest BCUT2D eigenvalue weighted by Gasteiger charge is 2.42. The van der Waals surface area contributed by atoms with Crippen molar-refractivity contribution in [1.82, 2.24) is 14.9 Å². The fourth-order valence-electron chi connectivity index (χ4n) is 4.89. The zero-order valence-electron chi connectivity index (χ0n) is 22.4. The van der Waals surface area contributed by atoms with Gasteiger partial charge in [-0.15, -0.1) is 0 Å². The van der Waals surface area contributed by atoms with Crippen molar-refractivity contribution in [2.24, 2.45) is 5.92 Å². The maximum atomic E-state index is 12.3. The molecule has 5 rings (SSSR count). The SMILES string of the molecule is Cc1ccc(-n2cccc2[C@@H]2[C@H](c3ccccn3)NC(=S)N2c2ccc(NC(=O)C(C)C)c(C)c2)cc1C. The first-order valence-electron chi connectivity index (χ1n) is 12.9. The van der Waals surface area contributed by atoms with Crippen LogP contribution in [0.1, 0.15) is 54.0 Å². The van der Waals surface area contributed by atoms with Crippen LogP contribution in [0.3, 0.4) is 0 Å². The lowest BCUT2D eigenvalue weighted by atomic mass is 10.00. The monoisotopic (exact) mass is 523 g/mol. The first kappa shape index (κ1) is 25.7. The molecular formula is C31H33N5OS. The molecule has 1 saturated heterocycles. The van der Waals surface area contributed by atoms with Crippen LogP contribution in [0.25, 0.3) is 5.69 Å². The van der Waals surface area contributed by atoms with E-state index in [0.717, 1.165) is 34.0 Å². The third kappa shape index (κ3) is 4.82. The number of amides is 1. The standard InChI is InChI=1S/C31H33N5OS/c1-19(2)30(37)33-25-14-13-24(18-22(25)5)36-29(28(34-31(36)38)26-9-6-7-15-32-26)27-10-8-16-35(27)23-12-11-20(3)21(4)17-23/h6-19,28-29H,1-5H3,(H,33,37)(H,34,38)/t28-,29+/m0/s1. The molecule has 1 fully saturated rings. The van der Waals surface area contributed by atoms with Crippen molar-refractivity contribution >= 4 is 34.6 Å². The highest BCUT2D eigenvalue weighted by Crippen LogP contribution is 2.43. The second kappa shape index (κ2) is 10.4. The molecule has 1 amide bonds. The number of anilines is 2. The van der Waals surface area contributed by atoms with Crippen molar-refractivity contribution in [3.8, 4) is 5.69 Å². The fourth-order valence-corrected chi connectivity index (χ4v) is 5.24. The number of benzene rings is 2. The van der Waals surface area contributed by atoms with Gasteiger partial charge in [0, 0.05) is 41.1 Å². The summed E-state index contributed by atoms with van der Waals surface area (Å²) < 4.78 is 2.24. The van der Waals surface area contributed by atoms with Gasteiger partial charge in [-0.2, -0.15) is 0 Å². The first-order chi connectivity index (χ1) is 18.2. The van der Waals surface area contributed by atoms with Crippen LogP contribution < -0.4 is 15.5 Å². The van der Waals surface area contributed by atoms with Gasteiger partial charge in [0.2, 0.25) is 5.91 Å². The Kier molecular flexibility index (Phi) is 7.04. The molecule has 3 heterocycles. The Morgan fingerprint density at radius 1 is 0.947 bits per heavy atom. The molecule has 2 N–H and O–H groups in total. The molecule has 0 saturated carbocycles. The summed E-state index contributed by atoms with van der Waals surface area (Å²) in [6.07, 6.45) is 3.92. The molecule has 2 aromatic carbocycles. The van der Waals surface area contributed by atoms with E-state index in [4.69, 9.17) is 12.2 Å². The molecule has 1 aliphatic rings. The Morgan fingerprint density at radius 2 is 1.71 bits per heavy atom. The molecular weight excluding hydrogens is 490 g/mol. The third-order valence-electron chi connectivity index (χ3n) is 7.22. The average Bonchev–Trinajstić information content (AvgIpc) is 3.51. The minimum absolute atomic E-state index is 0.00137. The van der Waals surface area contributed by atoms with E-state index in [1.807, 2.05) is 57.3 Å². The molecule has 2 aromatic heterocycles. The number of hydrogen-bond donors (Lipinski definition) is 2. The largest absolute Gasteiger partial charge is 0.351 e. The van der Waals surface area contributed by atoms with Gasteiger partial charge in [-0.05, 0) is 104 Å². The van der Waals surface area contributed by atoms with Crippen LogP contribution >= 0.6 is 12.2 Å². The number of nitrogens with one attached hydrogen (secondary N) is 2. The van der Waals surface area contributed by atoms with E-state index in [2.05, 4.69) is 81.5 Å². The number of nitrogens with zero attached hydrogens (tertiary/aromatic N) is 3. The molecule has 0 unspecified atom stereocenters. The highest BCUT2D eigenvalue weighted by atomic mass is 32.1. The van der Waals surface area contributed by atoms with Gasteiger partial charge in [-0.3, -0.25) is 9.78 Å². The topological polar surface area (TPSA) is 62.2 Å². The van der Waals surface area contributed by atoms with E-state index in [1.54, 1.807) is 0 Å². The summed E-state index contributed by atoms with van der Waals surface area (Å²) in [5.74, 6) is -0.0929. The minimum Gasteiger partial charge on any atom is -0.351 e. The van der Waals surface area contributed by atoms with E-state index in [-0.39, 0.29) is 23.9 Å². The summed E-state index contributed by atoms with van der Waals surface area (Å²) in [5.41, 5.74) is 8.38. The predicted octanol–water partition coefficient (Wildman–Crippen LogP) is 6.57. The van der Waals surface area contributed by atoms with Gasteiger partial charge in [0.25, 0.3) is 0 Å². The molecule has 6 nitrogen and oxygen atoms in total. The molecule has 0 spiro atoms. The Morgan fingerprint density at radius 3 is 2.39 bits per heavy atom. The number of aryl methyl sites for hydroxylation is 3. The lowest BCUT2D eigenvalue weighted by Crippen LogP contribution is -2.30. The second-order valence-electron chi connectivity index (χ2n) is 10.2. The predicted molar refractivity (Wildman–Crippen MR) is 158 cm³/mol. The number of pyridine rings is 1. The van der Waals surface area contributed by atoms with Gasteiger partial charge in [-0.1, -0.05) is 26.0 Å². The minimum atomic E-state index is -0.149. The Labute approximate surface area is 229 Å². The molecule has 4 aromatic rings. The van der Waals surface area contributed by atoms with Gasteiger partial charge in [0.05, 0.1) is 11.7 Å². The van der Waals surface area contributed by atoms with Crippen molar-refractivity contribution in [3.63, 3.8) is 0 Å². The number of aromatic nitrogens is 2. The van der Waals surface area contributed by atoms with Gasteiger partial charge in [0.15, 0.2) is 5.11 Å². The number of carbonyl (C=O) groups is 1. The van der Waals surface area contributed by atoms with E-state index in [9.17, 15) is 4.79 Å². The molecule has 38 heavy (non-hydrogen) atoms. The number of thiocarbonyl (C=S) groups is 1. The molecule has 7 heteroatoms. The number of carbonyl (C=O) groups excluding carboxylic acids is 1. The Hall–Kier alpha value is -3.97. The summed E-state index contributed by atoms with van der Waals surface area (Å²) >= 11 is 5.94. The molecule has 0 radical (unpaired) electrons. The number of rotatable bonds is 6. The van der Waals surface area contributed by atoms with Crippen molar-refractivity contribution < 1.29 is 4.79 Å². The van der Waals surface area contributed by atoms with Crippen LogP contribution in [0.5, 0.6) is 0 Å². The number of hydrogen-bond acceptors (Lipinski definition) is 3. The highest BCUT2D eigenvalue weighted by molar-refractivity contribution is 7.80. The average molecular weight is 524 g/mol. The van der Waals surface area contributed by atoms with Crippen molar-refractivity contribution in [2.75, 3.05) is 10.2 Å². The summed E-state index contributed by atoms with van der Waals surface area (Å²) in [5, 5.41) is 7.22. The normalized spacial score (nSPS) is 17.1. The third-order valence-corrected chi connectivity index (χ3v) is 7.54. The summed E-state index contributed by atoms with van der Waals surface area (Å²) in [6, 6.07) is 22.5. The Balaban J connectivity index is 1.61. The summed E-state index contributed by atoms with van der Waals surface area (Å²) in [4.78, 5) is 19.2. The maximum Gasteiger partial charge on any atom is 0.226 e. The van der Waals surface area contributed by atoms with Gasteiger partial charge in [0.1, 0.15) is 6.04 Å². The molecule has 2 atom stereocenters. The quantitative estimate of drug-likeness (QED) is 0.280. The molecule has 194 valence electrons. The van der Waals surface area contributed by atoms with E-state index in [1.165, 1.54) is 11.1 Å². The summed E-state index contributed by atoms with van der Waals surface area (Å²) in [6.45, 7) is 10.1. The van der Waals surface area contributed by atoms with Crippen LogP contribution in [0.2, 0.25) is 0 Å². The van der Waals surface area contributed by atoms with E-state index < -0.39 is 0 Å². The van der Waals surface area contributed by atoms with Gasteiger partial charge in [-0.25, -0.2) is 0 Å². The van der Waals surface area contributed by atoms with Gasteiger partial charge < -0.3 is 20.1 Å². The molecule has 1 aliphatic heterocycles. The van der Waals surface area contributed by atoms with E-state index >= 15 is 0 Å². The molecule has 0 aliphatic carbocycles. The lowest BCUT2D eigenvalue weighted by Gasteiger charge is -2.29. The zero-order chi connectivity index (χ0) is 27.0. The van der Waals surface area contributed by atoms with Crippen molar-refractivity contribution in [1.29, 1.82) is 0 Å². The molecule has 0 bridgehead atoms. The summed E-state index contributed by atoms with van der Waals surface area (Å²) in [7, 11) is 0.